The number of hydrogen-bond donors (Lipinski definition) is 1. The van der Waals surface area contributed by atoms with Gasteiger partial charge in [-0.05, 0) is 10.8 Å². The van der Waals surface area contributed by atoms with Gasteiger partial charge < -0.3 is 10.1 Å². The Morgan fingerprint density at radius 3 is 2.00 bits per heavy atom. The molecular weight excluding hydrogens is 178 g/mol. The highest BCUT2D eigenvalue weighted by molar-refractivity contribution is 5.84. The molecule has 1 saturated carbocycles. The molecule has 0 spiro atoms. The van der Waals surface area contributed by atoms with Gasteiger partial charge in [0.2, 0.25) is 5.91 Å². The first-order chi connectivity index (χ1) is 6.37. The van der Waals surface area contributed by atoms with Gasteiger partial charge in [0.25, 0.3) is 0 Å². The molecule has 80 valence electrons. The third-order valence-corrected chi connectivity index (χ3v) is 4.27. The molecule has 1 N–H and O–H groups in total. The first-order valence-corrected chi connectivity index (χ1v) is 5.25. The SMILES string of the molecule is CC1(C)C(C(=O)NC2COC2)C1(C)C. The average Bonchev–Trinajstić information content (AvgIpc) is 2.34. The van der Waals surface area contributed by atoms with Crippen LogP contribution in [0.5, 0.6) is 0 Å². The zero-order valence-corrected chi connectivity index (χ0v) is 9.39. The maximum Gasteiger partial charge on any atom is 0.224 e. The standard InChI is InChI=1S/C11H19NO2/c1-10(2)8(11(10,3)4)9(13)12-7-5-14-6-7/h7-8H,5-6H2,1-4H3,(H,12,13). The van der Waals surface area contributed by atoms with Crippen LogP contribution in [0.1, 0.15) is 27.7 Å². The van der Waals surface area contributed by atoms with Crippen LogP contribution in [0.4, 0.5) is 0 Å². The van der Waals surface area contributed by atoms with Gasteiger partial charge in [-0.25, -0.2) is 0 Å². The van der Waals surface area contributed by atoms with Crippen molar-refractivity contribution in [3.63, 3.8) is 0 Å². The summed E-state index contributed by atoms with van der Waals surface area (Å²) in [6.45, 7) is 10.0. The summed E-state index contributed by atoms with van der Waals surface area (Å²) in [6, 6.07) is 0.259. The number of carbonyl (C=O) groups excluding carboxylic acids is 1. The van der Waals surface area contributed by atoms with Crippen LogP contribution in [-0.4, -0.2) is 25.2 Å². The quantitative estimate of drug-likeness (QED) is 0.722. The van der Waals surface area contributed by atoms with Crippen LogP contribution >= 0.6 is 0 Å². The summed E-state index contributed by atoms with van der Waals surface area (Å²) in [5, 5.41) is 3.03. The zero-order valence-electron chi connectivity index (χ0n) is 9.39. The Morgan fingerprint density at radius 1 is 1.21 bits per heavy atom. The highest BCUT2D eigenvalue weighted by Crippen LogP contribution is 2.68. The smallest absolute Gasteiger partial charge is 0.224 e. The van der Waals surface area contributed by atoms with Crippen LogP contribution < -0.4 is 5.32 Å². The van der Waals surface area contributed by atoms with Crippen molar-refractivity contribution in [3.8, 4) is 0 Å². The summed E-state index contributed by atoms with van der Waals surface area (Å²) in [7, 11) is 0. The second kappa shape index (κ2) is 2.72. The Hall–Kier alpha value is -0.570. The van der Waals surface area contributed by atoms with Gasteiger partial charge in [-0.15, -0.1) is 0 Å². The fourth-order valence-electron chi connectivity index (χ4n) is 2.46. The molecule has 14 heavy (non-hydrogen) atoms. The topological polar surface area (TPSA) is 38.3 Å². The number of rotatable bonds is 2. The van der Waals surface area contributed by atoms with Crippen LogP contribution in [-0.2, 0) is 9.53 Å². The fourth-order valence-corrected chi connectivity index (χ4v) is 2.46. The summed E-state index contributed by atoms with van der Waals surface area (Å²) in [6.07, 6.45) is 0. The van der Waals surface area contributed by atoms with Crippen molar-refractivity contribution in [2.75, 3.05) is 13.2 Å². The predicted octanol–water partition coefficient (Wildman–Crippen LogP) is 1.18. The van der Waals surface area contributed by atoms with Gasteiger partial charge in [0.05, 0.1) is 19.3 Å². The monoisotopic (exact) mass is 197 g/mol. The Labute approximate surface area is 85.2 Å². The minimum absolute atomic E-state index is 0.141. The van der Waals surface area contributed by atoms with E-state index in [2.05, 4.69) is 33.0 Å². The van der Waals surface area contributed by atoms with Crippen LogP contribution in [0.25, 0.3) is 0 Å². The summed E-state index contributed by atoms with van der Waals surface area (Å²) >= 11 is 0. The molecule has 0 radical (unpaired) electrons. The molecular formula is C11H19NO2. The lowest BCUT2D eigenvalue weighted by Crippen LogP contribution is -2.49. The lowest BCUT2D eigenvalue weighted by Gasteiger charge is -2.27. The summed E-state index contributed by atoms with van der Waals surface area (Å²) in [4.78, 5) is 11.9. The van der Waals surface area contributed by atoms with Crippen molar-refractivity contribution in [2.24, 2.45) is 16.7 Å². The van der Waals surface area contributed by atoms with E-state index in [1.54, 1.807) is 0 Å². The van der Waals surface area contributed by atoms with E-state index in [9.17, 15) is 4.79 Å². The van der Waals surface area contributed by atoms with Crippen LogP contribution in [0.2, 0.25) is 0 Å². The van der Waals surface area contributed by atoms with Crippen molar-refractivity contribution in [2.45, 2.75) is 33.7 Å². The van der Waals surface area contributed by atoms with Crippen LogP contribution in [0.15, 0.2) is 0 Å². The van der Waals surface area contributed by atoms with Crippen molar-refractivity contribution in [1.29, 1.82) is 0 Å². The predicted molar refractivity (Wildman–Crippen MR) is 53.8 cm³/mol. The van der Waals surface area contributed by atoms with E-state index in [1.807, 2.05) is 0 Å². The Balaban J connectivity index is 1.94. The number of carbonyl (C=O) groups is 1. The number of nitrogens with one attached hydrogen (secondary N) is 1. The van der Waals surface area contributed by atoms with Crippen molar-refractivity contribution < 1.29 is 9.53 Å². The molecule has 0 aromatic heterocycles. The van der Waals surface area contributed by atoms with E-state index in [0.29, 0.717) is 13.2 Å². The van der Waals surface area contributed by atoms with E-state index in [1.165, 1.54) is 0 Å². The van der Waals surface area contributed by atoms with E-state index in [4.69, 9.17) is 4.74 Å². The third kappa shape index (κ3) is 1.18. The van der Waals surface area contributed by atoms with Gasteiger partial charge in [-0.3, -0.25) is 4.79 Å². The Kier molecular flexibility index (Phi) is 1.94. The van der Waals surface area contributed by atoms with Crippen molar-refractivity contribution in [3.05, 3.63) is 0 Å². The highest BCUT2D eigenvalue weighted by atomic mass is 16.5. The molecule has 2 aliphatic rings. The normalized spacial score (nSPS) is 29.4. The largest absolute Gasteiger partial charge is 0.377 e. The van der Waals surface area contributed by atoms with E-state index < -0.39 is 0 Å². The molecule has 1 amide bonds. The lowest BCUT2D eigenvalue weighted by atomic mass is 10.0. The second-order valence-corrected chi connectivity index (χ2v) is 5.62. The van der Waals surface area contributed by atoms with E-state index in [0.717, 1.165) is 0 Å². The maximum absolute atomic E-state index is 11.9. The molecule has 0 unspecified atom stereocenters. The molecule has 2 rings (SSSR count). The molecule has 3 nitrogen and oxygen atoms in total. The van der Waals surface area contributed by atoms with Crippen LogP contribution in [0, 0.1) is 16.7 Å². The van der Waals surface area contributed by atoms with Crippen LogP contribution in [0.3, 0.4) is 0 Å². The molecule has 2 fully saturated rings. The van der Waals surface area contributed by atoms with Gasteiger partial charge >= 0.3 is 0 Å². The molecule has 0 atom stereocenters. The molecule has 1 aliphatic carbocycles. The van der Waals surface area contributed by atoms with Gasteiger partial charge in [-0.1, -0.05) is 27.7 Å². The lowest BCUT2D eigenvalue weighted by molar-refractivity contribution is -0.127. The molecule has 0 aromatic carbocycles. The van der Waals surface area contributed by atoms with E-state index >= 15 is 0 Å². The maximum atomic E-state index is 11.9. The van der Waals surface area contributed by atoms with Gasteiger partial charge in [0, 0.05) is 5.92 Å². The van der Waals surface area contributed by atoms with Gasteiger partial charge in [0.1, 0.15) is 0 Å². The van der Waals surface area contributed by atoms with Crippen molar-refractivity contribution >= 4 is 5.91 Å². The minimum Gasteiger partial charge on any atom is -0.377 e. The fraction of sp³-hybridized carbons (Fsp3) is 0.909. The summed E-state index contributed by atoms with van der Waals surface area (Å²) in [5.41, 5.74) is 0.281. The zero-order chi connectivity index (χ0) is 10.6. The first kappa shape index (κ1) is 9.97. The molecule has 1 aliphatic heterocycles. The summed E-state index contributed by atoms with van der Waals surface area (Å²) < 4.78 is 5.03. The molecule has 1 heterocycles. The summed E-state index contributed by atoms with van der Waals surface area (Å²) in [5.74, 6) is 0.365. The van der Waals surface area contributed by atoms with Gasteiger partial charge in [0.15, 0.2) is 0 Å². The average molecular weight is 197 g/mol. The first-order valence-electron chi connectivity index (χ1n) is 5.25. The molecule has 3 heteroatoms. The Bertz CT molecular complexity index is 252. The van der Waals surface area contributed by atoms with Crippen molar-refractivity contribution in [1.82, 2.24) is 5.32 Å². The van der Waals surface area contributed by atoms with E-state index in [-0.39, 0.29) is 28.7 Å². The third-order valence-electron chi connectivity index (χ3n) is 4.27. The molecule has 1 saturated heterocycles. The van der Waals surface area contributed by atoms with Gasteiger partial charge in [-0.2, -0.15) is 0 Å². The number of ether oxygens (including phenoxy) is 1. The number of amides is 1. The Morgan fingerprint density at radius 2 is 1.71 bits per heavy atom. The molecule has 0 bridgehead atoms. The minimum atomic E-state index is 0.141. The molecule has 0 aromatic rings. The number of hydrogen-bond acceptors (Lipinski definition) is 2. The highest BCUT2D eigenvalue weighted by Gasteiger charge is 2.68. The second-order valence-electron chi connectivity index (χ2n) is 5.62.